The van der Waals surface area contributed by atoms with Gasteiger partial charge in [0, 0.05) is 76.7 Å². The summed E-state index contributed by atoms with van der Waals surface area (Å²) in [5, 5.41) is 9.15. The molecule has 4 aromatic heterocycles. The van der Waals surface area contributed by atoms with Crippen molar-refractivity contribution >= 4 is 104 Å². The van der Waals surface area contributed by atoms with Gasteiger partial charge in [0.05, 0.1) is 55.5 Å². The third-order valence-corrected chi connectivity index (χ3v) is 15.1. The third kappa shape index (κ3) is 6.66. The number of carbonyl (C=O) groups is 2. The van der Waals surface area contributed by atoms with Crippen molar-refractivity contribution in [3.63, 3.8) is 0 Å². The molecule has 0 bridgehead atoms. The Hall–Kier alpha value is -10.0. The zero-order valence-electron chi connectivity index (χ0n) is 41.0. The fourth-order valence-electron chi connectivity index (χ4n) is 11.9. The number of Topliss-reactive ketones (excluding diaryl/α,β-unsaturated/α-hetero) is 1. The summed E-state index contributed by atoms with van der Waals surface area (Å²) in [7, 11) is 0. The summed E-state index contributed by atoms with van der Waals surface area (Å²) in [6.07, 6.45) is 5.52. The van der Waals surface area contributed by atoms with Crippen LogP contribution in [0.25, 0.3) is 110 Å². The minimum atomic E-state index is -0.164. The fraction of sp³-hybridized carbons (Fsp3) is 0.0145. The Morgan fingerprint density at radius 3 is 1.27 bits per heavy atom. The van der Waals surface area contributed by atoms with Crippen LogP contribution in [-0.4, -0.2) is 29.8 Å². The van der Waals surface area contributed by atoms with Gasteiger partial charge in [-0.15, -0.1) is 0 Å². The second kappa shape index (κ2) is 17.3. The molecule has 0 atom stereocenters. The number of aromatic nitrogens is 4. The molecule has 6 nitrogen and oxygen atoms in total. The quantitative estimate of drug-likeness (QED) is 0.0779. The molecule has 354 valence electrons. The fourth-order valence-corrected chi connectivity index (χ4v) is 11.9. The number of allylic oxidation sites excluding steroid dienone is 5. The summed E-state index contributed by atoms with van der Waals surface area (Å²) in [5.74, 6) is -0.301. The van der Waals surface area contributed by atoms with Gasteiger partial charge in [0.15, 0.2) is 11.6 Å². The lowest BCUT2D eigenvalue weighted by atomic mass is 9.96. The molecule has 0 aliphatic heterocycles. The second-order valence-electron chi connectivity index (χ2n) is 19.1. The van der Waals surface area contributed by atoms with Gasteiger partial charge in [0.2, 0.25) is 0 Å². The summed E-state index contributed by atoms with van der Waals surface area (Å²) in [5.41, 5.74) is 14.1. The number of hydrogen-bond donors (Lipinski definition) is 0. The van der Waals surface area contributed by atoms with Gasteiger partial charge >= 0.3 is 0 Å². The van der Waals surface area contributed by atoms with E-state index in [1.54, 1.807) is 30.3 Å². The SMILES string of the molecule is C=C/C=C(\C(=C/C)C(=O)c1ccc(C(=O)c2ccccc2-n2c3ccccc3c3cc(-n4c5ccccc5c5ccccc54)ccc32)cc1)n1c2ccccc2c2cc(-n3c4ccccc4c4ccccc43)ccc21. The van der Waals surface area contributed by atoms with Gasteiger partial charge in [-0.25, -0.2) is 0 Å². The Balaban J connectivity index is 0.814. The molecule has 0 aliphatic carbocycles. The summed E-state index contributed by atoms with van der Waals surface area (Å²) < 4.78 is 9.05. The number of nitrogens with zero attached hydrogens (tertiary/aromatic N) is 4. The Kier molecular flexibility index (Phi) is 10.1. The number of fused-ring (bicyclic) bond motifs is 12. The van der Waals surface area contributed by atoms with Crippen molar-refractivity contribution in [1.29, 1.82) is 0 Å². The van der Waals surface area contributed by atoms with Crippen LogP contribution in [0.15, 0.2) is 261 Å². The highest BCUT2D eigenvalue weighted by Gasteiger charge is 2.25. The Morgan fingerprint density at radius 2 is 0.760 bits per heavy atom. The molecule has 0 N–H and O–H groups in total. The van der Waals surface area contributed by atoms with Crippen molar-refractivity contribution in [3.05, 3.63) is 278 Å². The van der Waals surface area contributed by atoms with E-state index in [1.165, 1.54) is 21.5 Å². The number of hydrogen-bond acceptors (Lipinski definition) is 2. The van der Waals surface area contributed by atoms with E-state index in [4.69, 9.17) is 0 Å². The van der Waals surface area contributed by atoms with Crippen LogP contribution in [0.1, 0.15) is 33.2 Å². The summed E-state index contributed by atoms with van der Waals surface area (Å²) in [6.45, 7) is 6.00. The van der Waals surface area contributed by atoms with Gasteiger partial charge in [-0.1, -0.05) is 164 Å². The number of carbonyl (C=O) groups excluding carboxylic acids is 2. The van der Waals surface area contributed by atoms with Gasteiger partial charge in [0.1, 0.15) is 0 Å². The lowest BCUT2D eigenvalue weighted by molar-refractivity contribution is 0.102. The predicted octanol–water partition coefficient (Wildman–Crippen LogP) is 17.2. The van der Waals surface area contributed by atoms with E-state index in [9.17, 15) is 9.59 Å². The number of para-hydroxylation sites is 7. The Morgan fingerprint density at radius 1 is 0.387 bits per heavy atom. The highest BCUT2D eigenvalue weighted by molar-refractivity contribution is 6.21. The lowest BCUT2D eigenvalue weighted by Gasteiger charge is -2.16. The average molecular weight is 963 g/mol. The van der Waals surface area contributed by atoms with Crippen LogP contribution in [0, 0.1) is 0 Å². The molecule has 6 heteroatoms. The van der Waals surface area contributed by atoms with E-state index in [0.29, 0.717) is 28.0 Å². The molecule has 0 amide bonds. The molecule has 14 aromatic rings. The first-order valence-electron chi connectivity index (χ1n) is 25.3. The van der Waals surface area contributed by atoms with Crippen molar-refractivity contribution in [2.24, 2.45) is 0 Å². The molecule has 0 fully saturated rings. The maximum Gasteiger partial charge on any atom is 0.195 e. The molecular weight excluding hydrogens is 917 g/mol. The molecule has 0 radical (unpaired) electrons. The highest BCUT2D eigenvalue weighted by atomic mass is 16.1. The van der Waals surface area contributed by atoms with Crippen molar-refractivity contribution in [2.45, 2.75) is 6.92 Å². The lowest BCUT2D eigenvalue weighted by Crippen LogP contribution is -2.11. The maximum atomic E-state index is 14.9. The van der Waals surface area contributed by atoms with E-state index >= 15 is 0 Å². The monoisotopic (exact) mass is 962 g/mol. The molecule has 0 spiro atoms. The third-order valence-electron chi connectivity index (χ3n) is 15.1. The first kappa shape index (κ1) is 43.7. The largest absolute Gasteiger partial charge is 0.309 e. The normalized spacial score (nSPS) is 12.4. The maximum absolute atomic E-state index is 14.9. The van der Waals surface area contributed by atoms with Crippen LogP contribution in [0.5, 0.6) is 0 Å². The Labute approximate surface area is 431 Å². The average Bonchev–Trinajstić information content (AvgIpc) is 4.22. The van der Waals surface area contributed by atoms with Crippen LogP contribution in [0.2, 0.25) is 0 Å². The second-order valence-corrected chi connectivity index (χ2v) is 19.1. The molecule has 10 aromatic carbocycles. The van der Waals surface area contributed by atoms with Crippen LogP contribution >= 0.6 is 0 Å². The van der Waals surface area contributed by atoms with Gasteiger partial charge in [0.25, 0.3) is 0 Å². The van der Waals surface area contributed by atoms with E-state index in [2.05, 4.69) is 195 Å². The van der Waals surface area contributed by atoms with E-state index < -0.39 is 0 Å². The minimum absolute atomic E-state index is 0.138. The molecule has 4 heterocycles. The van der Waals surface area contributed by atoms with Crippen LogP contribution in [-0.2, 0) is 0 Å². The first-order chi connectivity index (χ1) is 37.0. The summed E-state index contributed by atoms with van der Waals surface area (Å²) >= 11 is 0. The van der Waals surface area contributed by atoms with Crippen LogP contribution < -0.4 is 0 Å². The van der Waals surface area contributed by atoms with Crippen molar-refractivity contribution in [1.82, 2.24) is 18.3 Å². The number of rotatable bonds is 10. The number of ketones is 2. The van der Waals surface area contributed by atoms with Gasteiger partial charge in [-0.05, 0) is 97.9 Å². The summed E-state index contributed by atoms with van der Waals surface area (Å²) in [6, 6.07) is 79.0. The zero-order chi connectivity index (χ0) is 50.3. The zero-order valence-corrected chi connectivity index (χ0v) is 41.0. The molecule has 0 aliphatic rings. The van der Waals surface area contributed by atoms with E-state index in [0.717, 1.165) is 82.7 Å². The standard InChI is InChI=1S/C69H46N4O2/c1-3-19-58(72-63-31-16-9-24-53(63)56-42-46(38-40-66(56)72)70-59-27-12-5-20-49(59)50-21-6-13-28-60(50)70)48(4-2)68(74)44-34-36-45(37-35-44)69(75)55-26-11-18-33-65(55)73-64-32-17-10-25-54(64)57-43-47(39-41-67(57)73)71-61-29-14-7-22-51(61)52-23-8-15-30-62(52)71/h3-43H,1H2,2H3/b48-4+,58-19+. The predicted molar refractivity (Wildman–Crippen MR) is 311 cm³/mol. The molecule has 75 heavy (non-hydrogen) atoms. The number of benzene rings is 10. The van der Waals surface area contributed by atoms with Crippen LogP contribution in [0.3, 0.4) is 0 Å². The van der Waals surface area contributed by atoms with E-state index in [1.807, 2.05) is 55.5 Å². The van der Waals surface area contributed by atoms with Gasteiger partial charge < -0.3 is 18.3 Å². The Bertz CT molecular complexity index is 4670. The molecular formula is C69H46N4O2. The smallest absolute Gasteiger partial charge is 0.195 e. The molecule has 14 rings (SSSR count). The molecule has 0 unspecified atom stereocenters. The summed E-state index contributed by atoms with van der Waals surface area (Å²) in [4.78, 5) is 29.8. The van der Waals surface area contributed by atoms with E-state index in [-0.39, 0.29) is 11.6 Å². The van der Waals surface area contributed by atoms with Crippen LogP contribution in [0.4, 0.5) is 0 Å². The van der Waals surface area contributed by atoms with Crippen molar-refractivity contribution in [3.8, 4) is 17.1 Å². The van der Waals surface area contributed by atoms with Gasteiger partial charge in [-0.2, -0.15) is 0 Å². The first-order valence-corrected chi connectivity index (χ1v) is 25.3. The molecule has 0 saturated heterocycles. The topological polar surface area (TPSA) is 53.9 Å². The minimum Gasteiger partial charge on any atom is -0.309 e. The van der Waals surface area contributed by atoms with Crippen molar-refractivity contribution < 1.29 is 9.59 Å². The highest BCUT2D eigenvalue weighted by Crippen LogP contribution is 2.41. The van der Waals surface area contributed by atoms with Gasteiger partial charge in [-0.3, -0.25) is 9.59 Å². The molecule has 0 saturated carbocycles. The van der Waals surface area contributed by atoms with Crippen molar-refractivity contribution in [2.75, 3.05) is 0 Å².